The van der Waals surface area contributed by atoms with E-state index in [1.54, 1.807) is 6.92 Å². The summed E-state index contributed by atoms with van der Waals surface area (Å²) in [5.41, 5.74) is 6.44. The average Bonchev–Trinajstić information content (AvgIpc) is 3.34. The summed E-state index contributed by atoms with van der Waals surface area (Å²) in [5, 5.41) is 6.11. The summed E-state index contributed by atoms with van der Waals surface area (Å²) in [4.78, 5) is 10.9. The number of hydrogen-bond acceptors (Lipinski definition) is 3. The van der Waals surface area contributed by atoms with E-state index in [1.165, 1.54) is 60.2 Å². The number of fused-ring (bicyclic) bond motifs is 1. The van der Waals surface area contributed by atoms with Crippen LogP contribution >= 0.6 is 0 Å². The number of rotatable bonds is 6. The van der Waals surface area contributed by atoms with Crippen LogP contribution in [0.2, 0.25) is 0 Å². The lowest BCUT2D eigenvalue weighted by Crippen LogP contribution is -2.32. The molecule has 2 heterocycles. The molecule has 0 aromatic heterocycles. The molecule has 0 radical (unpaired) electrons. The van der Waals surface area contributed by atoms with E-state index >= 15 is 0 Å². The first-order valence-electron chi connectivity index (χ1n) is 13.3. The maximum absolute atomic E-state index is 10.9. The summed E-state index contributed by atoms with van der Waals surface area (Å²) >= 11 is 0. The minimum Gasteiger partial charge on any atom is -0.493 e. The van der Waals surface area contributed by atoms with Crippen molar-refractivity contribution >= 4 is 5.91 Å². The van der Waals surface area contributed by atoms with E-state index in [9.17, 15) is 4.79 Å². The van der Waals surface area contributed by atoms with E-state index in [1.807, 2.05) is 6.92 Å². The zero-order valence-corrected chi connectivity index (χ0v) is 22.4. The molecule has 1 amide bonds. The van der Waals surface area contributed by atoms with Gasteiger partial charge < -0.3 is 15.4 Å². The van der Waals surface area contributed by atoms with Crippen LogP contribution in [0.15, 0.2) is 65.8 Å². The van der Waals surface area contributed by atoms with Gasteiger partial charge in [0.25, 0.3) is 0 Å². The quantitative estimate of drug-likeness (QED) is 0.483. The first-order valence-corrected chi connectivity index (χ1v) is 13.3. The Morgan fingerprint density at radius 3 is 2.60 bits per heavy atom. The molecule has 0 saturated carbocycles. The number of nitrogens with one attached hydrogen (secondary N) is 2. The fourth-order valence-corrected chi connectivity index (χ4v) is 4.33. The summed E-state index contributed by atoms with van der Waals surface area (Å²) < 4.78 is 5.64. The highest BCUT2D eigenvalue weighted by atomic mass is 16.5. The van der Waals surface area contributed by atoms with E-state index in [4.69, 9.17) is 4.74 Å². The Bertz CT molecular complexity index is 899. The second-order valence-electron chi connectivity index (χ2n) is 9.69. The van der Waals surface area contributed by atoms with E-state index in [0.717, 1.165) is 44.5 Å². The molecule has 0 spiro atoms. The van der Waals surface area contributed by atoms with Gasteiger partial charge in [-0.1, -0.05) is 61.9 Å². The molecule has 2 aliphatic heterocycles. The Labute approximate surface area is 213 Å². The Balaban J connectivity index is 0.000000211. The molecule has 1 fully saturated rings. The normalized spacial score (nSPS) is 17.0. The fourth-order valence-electron chi connectivity index (χ4n) is 4.33. The van der Waals surface area contributed by atoms with Crippen molar-refractivity contribution in [2.24, 2.45) is 0 Å². The molecule has 1 aromatic carbocycles. The molecular weight excluding hydrogens is 432 g/mol. The van der Waals surface area contributed by atoms with Gasteiger partial charge in [0, 0.05) is 13.0 Å². The number of hydrogen-bond donors (Lipinski definition) is 2. The van der Waals surface area contributed by atoms with Crippen LogP contribution in [-0.4, -0.2) is 31.6 Å². The van der Waals surface area contributed by atoms with Crippen LogP contribution in [0.3, 0.4) is 0 Å². The number of aryl methyl sites for hydroxylation is 1. The van der Waals surface area contributed by atoms with Crippen LogP contribution in [0.1, 0.15) is 77.3 Å². The van der Waals surface area contributed by atoms with E-state index in [0.29, 0.717) is 0 Å². The smallest absolute Gasteiger partial charge is 0.217 e. The second kappa shape index (κ2) is 16.1. The molecular formula is C31H46N2O2. The molecule has 35 heavy (non-hydrogen) atoms. The third-order valence-electron chi connectivity index (χ3n) is 6.19. The predicted octanol–water partition coefficient (Wildman–Crippen LogP) is 6.62. The lowest BCUT2D eigenvalue weighted by Gasteiger charge is -2.19. The van der Waals surface area contributed by atoms with E-state index in [2.05, 4.69) is 73.6 Å². The van der Waals surface area contributed by atoms with Gasteiger partial charge in [-0.2, -0.15) is 0 Å². The first kappa shape index (κ1) is 28.6. The Morgan fingerprint density at radius 1 is 1.17 bits per heavy atom. The minimum atomic E-state index is 0.0201. The average molecular weight is 479 g/mol. The number of ether oxygens (including phenoxy) is 1. The topological polar surface area (TPSA) is 50.4 Å². The number of carbonyl (C=O) groups excluding carboxylic acids is 1. The molecule has 1 aromatic rings. The molecule has 2 N–H and O–H groups in total. The molecule has 4 rings (SSSR count). The number of carbonyl (C=O) groups is 1. The summed E-state index contributed by atoms with van der Waals surface area (Å²) in [6.45, 7) is 15.3. The fraction of sp³-hybridized carbons (Fsp3) is 0.516. The van der Waals surface area contributed by atoms with Crippen LogP contribution in [0.4, 0.5) is 0 Å². The number of amides is 1. The Morgan fingerprint density at radius 2 is 1.94 bits per heavy atom. The standard InChI is InChI=1S/C14H19NO2.C13H18.C4H9N/c1-10(15-11(2)16)8-12-5-6-13-4-3-7-17-14(13)9-12;1-4-6-12(3)13-8-5-7-11(2)9-10-13;1-2-4-5-3-1/h5-6,9-10H,3-4,7-8H2,1-2H3,(H,15,16);7-10H,3-6H2,1-2H3;5H,1-4H2/t10-;;/m1../s1. The van der Waals surface area contributed by atoms with Gasteiger partial charge in [0.2, 0.25) is 5.91 Å². The van der Waals surface area contributed by atoms with Gasteiger partial charge in [-0.05, 0) is 100 Å². The lowest BCUT2D eigenvalue weighted by atomic mass is 10.0. The third-order valence-corrected chi connectivity index (χ3v) is 6.19. The summed E-state index contributed by atoms with van der Waals surface area (Å²) in [6, 6.07) is 6.54. The first-order chi connectivity index (χ1) is 16.9. The van der Waals surface area contributed by atoms with Crippen LogP contribution in [0.5, 0.6) is 5.75 Å². The van der Waals surface area contributed by atoms with Gasteiger partial charge in [-0.15, -0.1) is 0 Å². The maximum atomic E-state index is 10.9. The SMILES string of the molecule is C1CCNC1.C=C(CCC)C1=CCC=C(C)C=C1.CC(=O)N[C@H](C)Cc1ccc2c(c1)OCCC2. The van der Waals surface area contributed by atoms with Crippen molar-refractivity contribution in [3.63, 3.8) is 0 Å². The van der Waals surface area contributed by atoms with Crippen molar-refractivity contribution in [2.75, 3.05) is 19.7 Å². The van der Waals surface area contributed by atoms with Crippen molar-refractivity contribution in [3.05, 3.63) is 76.9 Å². The largest absolute Gasteiger partial charge is 0.493 e. The van der Waals surface area contributed by atoms with E-state index < -0.39 is 0 Å². The number of benzene rings is 1. The van der Waals surface area contributed by atoms with Gasteiger partial charge in [-0.25, -0.2) is 0 Å². The minimum absolute atomic E-state index is 0.0201. The summed E-state index contributed by atoms with van der Waals surface area (Å²) in [6.07, 6.45) is 18.0. The van der Waals surface area contributed by atoms with Crippen LogP contribution in [0, 0.1) is 0 Å². The molecule has 0 unspecified atom stereocenters. The molecule has 0 bridgehead atoms. The van der Waals surface area contributed by atoms with Gasteiger partial charge in [0.15, 0.2) is 0 Å². The third kappa shape index (κ3) is 11.6. The Kier molecular flexibility index (Phi) is 13.2. The summed E-state index contributed by atoms with van der Waals surface area (Å²) in [5.74, 6) is 1.04. The van der Waals surface area contributed by atoms with Crippen LogP contribution in [0.25, 0.3) is 0 Å². The molecule has 1 atom stereocenters. The van der Waals surface area contributed by atoms with Crippen LogP contribution < -0.4 is 15.4 Å². The lowest BCUT2D eigenvalue weighted by molar-refractivity contribution is -0.119. The van der Waals surface area contributed by atoms with Gasteiger partial charge in [-0.3, -0.25) is 4.79 Å². The monoisotopic (exact) mass is 478 g/mol. The van der Waals surface area contributed by atoms with E-state index in [-0.39, 0.29) is 11.9 Å². The Hall–Kier alpha value is -2.59. The molecule has 1 aliphatic carbocycles. The molecule has 4 nitrogen and oxygen atoms in total. The zero-order chi connectivity index (χ0) is 25.5. The molecule has 4 heteroatoms. The summed E-state index contributed by atoms with van der Waals surface area (Å²) in [7, 11) is 0. The molecule has 1 saturated heterocycles. The highest BCUT2D eigenvalue weighted by Gasteiger charge is 2.12. The van der Waals surface area contributed by atoms with Gasteiger partial charge >= 0.3 is 0 Å². The van der Waals surface area contributed by atoms with Crippen LogP contribution in [-0.2, 0) is 17.6 Å². The highest BCUT2D eigenvalue weighted by Crippen LogP contribution is 2.26. The highest BCUT2D eigenvalue weighted by molar-refractivity contribution is 5.73. The molecule has 3 aliphatic rings. The van der Waals surface area contributed by atoms with Crippen molar-refractivity contribution in [2.45, 2.75) is 85.1 Å². The second-order valence-corrected chi connectivity index (χ2v) is 9.69. The van der Waals surface area contributed by atoms with Gasteiger partial charge in [0.1, 0.15) is 5.75 Å². The predicted molar refractivity (Wildman–Crippen MR) is 149 cm³/mol. The molecule has 192 valence electrons. The van der Waals surface area contributed by atoms with Crippen molar-refractivity contribution in [3.8, 4) is 5.75 Å². The van der Waals surface area contributed by atoms with Crippen molar-refractivity contribution in [1.82, 2.24) is 10.6 Å². The van der Waals surface area contributed by atoms with Gasteiger partial charge in [0.05, 0.1) is 6.61 Å². The number of allylic oxidation sites excluding steroid dienone is 7. The zero-order valence-electron chi connectivity index (χ0n) is 22.4. The van der Waals surface area contributed by atoms with Crippen molar-refractivity contribution in [1.29, 1.82) is 0 Å². The maximum Gasteiger partial charge on any atom is 0.217 e. The van der Waals surface area contributed by atoms with Crippen molar-refractivity contribution < 1.29 is 9.53 Å².